The minimum Gasteiger partial charge on any atom is -0.379 e. The van der Waals surface area contributed by atoms with Crippen molar-refractivity contribution < 1.29 is 4.74 Å². The van der Waals surface area contributed by atoms with Gasteiger partial charge in [0.05, 0.1) is 13.2 Å². The van der Waals surface area contributed by atoms with Gasteiger partial charge in [0.25, 0.3) is 0 Å². The number of rotatable bonds is 4. The van der Waals surface area contributed by atoms with Gasteiger partial charge in [-0.3, -0.25) is 4.90 Å². The van der Waals surface area contributed by atoms with Gasteiger partial charge in [0.15, 0.2) is 0 Å². The van der Waals surface area contributed by atoms with Crippen LogP contribution in [0.4, 0.5) is 0 Å². The van der Waals surface area contributed by atoms with Gasteiger partial charge < -0.3 is 10.5 Å². The molecule has 1 aliphatic rings. The predicted molar refractivity (Wildman–Crippen MR) is 74.6 cm³/mol. The van der Waals surface area contributed by atoms with E-state index in [0.29, 0.717) is 0 Å². The quantitative estimate of drug-likeness (QED) is 0.881. The molecular formula is C15H24N2O. The molecule has 1 atom stereocenters. The number of ether oxygens (including phenoxy) is 1. The lowest BCUT2D eigenvalue weighted by molar-refractivity contribution is -0.0186. The lowest BCUT2D eigenvalue weighted by atomic mass is 9.88. The van der Waals surface area contributed by atoms with E-state index >= 15 is 0 Å². The van der Waals surface area contributed by atoms with Crippen LogP contribution < -0.4 is 5.73 Å². The second-order valence-corrected chi connectivity index (χ2v) is 5.55. The average Bonchev–Trinajstić information content (AvgIpc) is 2.41. The third-order valence-electron chi connectivity index (χ3n) is 4.03. The van der Waals surface area contributed by atoms with E-state index in [-0.39, 0.29) is 11.6 Å². The van der Waals surface area contributed by atoms with Crippen LogP contribution >= 0.6 is 0 Å². The zero-order valence-corrected chi connectivity index (χ0v) is 11.4. The van der Waals surface area contributed by atoms with E-state index in [0.717, 1.165) is 32.7 Å². The summed E-state index contributed by atoms with van der Waals surface area (Å²) in [5.41, 5.74) is 7.76. The molecule has 3 heteroatoms. The Morgan fingerprint density at radius 2 is 1.83 bits per heavy atom. The molecule has 1 saturated heterocycles. The molecule has 0 spiro atoms. The molecule has 3 nitrogen and oxygen atoms in total. The number of benzene rings is 1. The van der Waals surface area contributed by atoms with Gasteiger partial charge in [0.2, 0.25) is 0 Å². The zero-order valence-electron chi connectivity index (χ0n) is 11.4. The van der Waals surface area contributed by atoms with Crippen LogP contribution in [0.5, 0.6) is 0 Å². The minimum absolute atomic E-state index is 0.0135. The molecule has 2 N–H and O–H groups in total. The Kier molecular flexibility index (Phi) is 4.38. The Morgan fingerprint density at radius 1 is 1.22 bits per heavy atom. The summed E-state index contributed by atoms with van der Waals surface area (Å²) in [6.07, 6.45) is 0.922. The normalized spacial score (nSPS) is 19.7. The number of hydrogen-bond acceptors (Lipinski definition) is 3. The first kappa shape index (κ1) is 13.5. The maximum absolute atomic E-state index is 6.43. The molecular weight excluding hydrogens is 224 g/mol. The summed E-state index contributed by atoms with van der Waals surface area (Å²) < 4.78 is 5.41. The molecule has 1 aromatic carbocycles. The first-order chi connectivity index (χ1) is 8.60. The first-order valence-electron chi connectivity index (χ1n) is 6.73. The van der Waals surface area contributed by atoms with Crippen LogP contribution in [0.15, 0.2) is 30.3 Å². The maximum atomic E-state index is 6.43. The summed E-state index contributed by atoms with van der Waals surface area (Å²) in [6.45, 7) is 8.09. The number of nitrogens with zero attached hydrogens (tertiary/aromatic N) is 1. The van der Waals surface area contributed by atoms with Gasteiger partial charge in [-0.1, -0.05) is 30.3 Å². The molecule has 0 bridgehead atoms. The van der Waals surface area contributed by atoms with Crippen molar-refractivity contribution in [3.8, 4) is 0 Å². The number of hydrogen-bond donors (Lipinski definition) is 1. The summed E-state index contributed by atoms with van der Waals surface area (Å²) in [6, 6.07) is 10.6. The third kappa shape index (κ3) is 3.10. The van der Waals surface area contributed by atoms with E-state index in [1.54, 1.807) is 0 Å². The Morgan fingerprint density at radius 3 is 2.44 bits per heavy atom. The molecule has 1 unspecified atom stereocenters. The molecule has 1 aliphatic heterocycles. The summed E-state index contributed by atoms with van der Waals surface area (Å²) in [7, 11) is 0. The fourth-order valence-corrected chi connectivity index (χ4v) is 2.49. The van der Waals surface area contributed by atoms with Crippen LogP contribution in [0.1, 0.15) is 19.4 Å². The molecule has 2 rings (SSSR count). The summed E-state index contributed by atoms with van der Waals surface area (Å²) in [5, 5.41) is 0. The van der Waals surface area contributed by atoms with Crippen molar-refractivity contribution >= 4 is 0 Å². The molecule has 0 saturated carbocycles. The molecule has 0 radical (unpaired) electrons. The summed E-state index contributed by atoms with van der Waals surface area (Å²) >= 11 is 0. The van der Waals surface area contributed by atoms with Crippen LogP contribution in [-0.2, 0) is 11.2 Å². The van der Waals surface area contributed by atoms with Crippen LogP contribution in [0, 0.1) is 0 Å². The highest BCUT2D eigenvalue weighted by molar-refractivity contribution is 5.17. The van der Waals surface area contributed by atoms with Crippen LogP contribution in [0.3, 0.4) is 0 Å². The van der Waals surface area contributed by atoms with Gasteiger partial charge in [-0.05, 0) is 25.8 Å². The average molecular weight is 248 g/mol. The van der Waals surface area contributed by atoms with Gasteiger partial charge in [0.1, 0.15) is 0 Å². The van der Waals surface area contributed by atoms with Gasteiger partial charge in [-0.15, -0.1) is 0 Å². The van der Waals surface area contributed by atoms with Gasteiger partial charge >= 0.3 is 0 Å². The van der Waals surface area contributed by atoms with Crippen molar-refractivity contribution in [1.29, 1.82) is 0 Å². The molecule has 18 heavy (non-hydrogen) atoms. The highest BCUT2D eigenvalue weighted by atomic mass is 16.5. The van der Waals surface area contributed by atoms with Gasteiger partial charge in [0, 0.05) is 24.7 Å². The van der Waals surface area contributed by atoms with E-state index in [1.165, 1.54) is 5.56 Å². The van der Waals surface area contributed by atoms with Crippen LogP contribution in [0.2, 0.25) is 0 Å². The van der Waals surface area contributed by atoms with E-state index in [4.69, 9.17) is 10.5 Å². The number of nitrogens with two attached hydrogens (primary N) is 1. The summed E-state index contributed by atoms with van der Waals surface area (Å²) in [4.78, 5) is 2.45. The smallest absolute Gasteiger partial charge is 0.0594 e. The van der Waals surface area contributed by atoms with Crippen molar-refractivity contribution in [2.75, 3.05) is 26.3 Å². The molecule has 1 fully saturated rings. The molecule has 0 aliphatic carbocycles. The maximum Gasteiger partial charge on any atom is 0.0594 e. The highest BCUT2D eigenvalue weighted by Gasteiger charge is 2.33. The van der Waals surface area contributed by atoms with Crippen molar-refractivity contribution in [3.63, 3.8) is 0 Å². The van der Waals surface area contributed by atoms with E-state index in [2.05, 4.69) is 43.0 Å². The largest absolute Gasteiger partial charge is 0.379 e. The Balaban J connectivity index is 2.00. The van der Waals surface area contributed by atoms with E-state index < -0.39 is 0 Å². The van der Waals surface area contributed by atoms with Gasteiger partial charge in [-0.2, -0.15) is 0 Å². The zero-order chi connectivity index (χ0) is 13.0. The fraction of sp³-hybridized carbons (Fsp3) is 0.600. The van der Waals surface area contributed by atoms with Crippen molar-refractivity contribution in [1.82, 2.24) is 4.90 Å². The molecule has 100 valence electrons. The standard InChI is InChI=1S/C15H24N2O/c1-15(2,17-8-10-18-11-9-17)14(16)12-13-6-4-3-5-7-13/h3-7,14H,8-12,16H2,1-2H3. The molecule has 0 amide bonds. The summed E-state index contributed by atoms with van der Waals surface area (Å²) in [5.74, 6) is 0. The Labute approximate surface area is 110 Å². The SMILES string of the molecule is CC(C)(C(N)Cc1ccccc1)N1CCOCC1. The van der Waals surface area contributed by atoms with Crippen molar-refractivity contribution in [2.45, 2.75) is 31.8 Å². The van der Waals surface area contributed by atoms with E-state index in [9.17, 15) is 0 Å². The van der Waals surface area contributed by atoms with E-state index in [1.807, 2.05) is 6.07 Å². The topological polar surface area (TPSA) is 38.5 Å². The predicted octanol–water partition coefficient (Wildman–Crippen LogP) is 1.67. The van der Waals surface area contributed by atoms with Crippen LogP contribution in [0.25, 0.3) is 0 Å². The molecule has 1 aromatic rings. The van der Waals surface area contributed by atoms with Crippen LogP contribution in [-0.4, -0.2) is 42.8 Å². The lowest BCUT2D eigenvalue weighted by Gasteiger charge is -2.44. The Hall–Kier alpha value is -0.900. The van der Waals surface area contributed by atoms with Gasteiger partial charge in [-0.25, -0.2) is 0 Å². The lowest BCUT2D eigenvalue weighted by Crippen LogP contribution is -2.59. The Bertz CT molecular complexity index is 358. The first-order valence-corrected chi connectivity index (χ1v) is 6.73. The fourth-order valence-electron chi connectivity index (χ4n) is 2.49. The minimum atomic E-state index is 0.0135. The highest BCUT2D eigenvalue weighted by Crippen LogP contribution is 2.21. The van der Waals surface area contributed by atoms with Crippen molar-refractivity contribution in [3.05, 3.63) is 35.9 Å². The third-order valence-corrected chi connectivity index (χ3v) is 4.03. The van der Waals surface area contributed by atoms with Crippen molar-refractivity contribution in [2.24, 2.45) is 5.73 Å². The second kappa shape index (κ2) is 5.83. The molecule has 1 heterocycles. The second-order valence-electron chi connectivity index (χ2n) is 5.55. The number of morpholine rings is 1. The molecule has 0 aromatic heterocycles. The monoisotopic (exact) mass is 248 g/mol.